The van der Waals surface area contributed by atoms with E-state index in [0.29, 0.717) is 26.1 Å². The summed E-state index contributed by atoms with van der Waals surface area (Å²) < 4.78 is 110. The fourth-order valence-corrected chi connectivity index (χ4v) is 2.99. The molecule has 0 N–H and O–H groups in total. The number of carbonyl (C=O) groups is 1. The van der Waals surface area contributed by atoms with Gasteiger partial charge in [0.2, 0.25) is 0 Å². The molecule has 0 bridgehead atoms. The first-order valence-corrected chi connectivity index (χ1v) is 9.07. The van der Waals surface area contributed by atoms with Crippen molar-refractivity contribution in [2.75, 3.05) is 13.2 Å². The summed E-state index contributed by atoms with van der Waals surface area (Å²) in [5, 5.41) is -5.83. The standard InChI is InChI=1S/C13H17F5O7S/c14-12(15,16)11(13(17,18)26(20,21)22)25-10(19)7-1-3-8(4-2-7)23-5-9-6-24-9/h7-9,11H,1-6H2,(H,20,21,22)/p-1. The van der Waals surface area contributed by atoms with Crippen LogP contribution in [0.2, 0.25) is 0 Å². The molecular weight excluding hydrogens is 395 g/mol. The van der Waals surface area contributed by atoms with Crippen molar-refractivity contribution in [3.8, 4) is 0 Å². The molecular formula is C13H16F5O7S-. The van der Waals surface area contributed by atoms with Crippen molar-refractivity contribution in [2.24, 2.45) is 5.92 Å². The van der Waals surface area contributed by atoms with Gasteiger partial charge in [-0.3, -0.25) is 4.79 Å². The molecule has 0 aromatic carbocycles. The van der Waals surface area contributed by atoms with Gasteiger partial charge in [0, 0.05) is 0 Å². The van der Waals surface area contributed by atoms with E-state index in [2.05, 4.69) is 4.74 Å². The third kappa shape index (κ3) is 5.24. The summed E-state index contributed by atoms with van der Waals surface area (Å²) in [7, 11) is -6.69. The first-order chi connectivity index (χ1) is 11.8. The van der Waals surface area contributed by atoms with Crippen LogP contribution in [0.15, 0.2) is 0 Å². The van der Waals surface area contributed by atoms with Gasteiger partial charge in [-0.2, -0.15) is 22.0 Å². The van der Waals surface area contributed by atoms with Gasteiger partial charge in [-0.1, -0.05) is 0 Å². The summed E-state index contributed by atoms with van der Waals surface area (Å²) in [6.45, 7) is 0.931. The molecule has 2 rings (SSSR count). The van der Waals surface area contributed by atoms with Crippen LogP contribution in [0.1, 0.15) is 25.7 Å². The van der Waals surface area contributed by atoms with Gasteiger partial charge in [0.1, 0.15) is 6.10 Å². The Kier molecular flexibility index (Phi) is 6.15. The van der Waals surface area contributed by atoms with Crippen molar-refractivity contribution in [2.45, 2.75) is 55.4 Å². The number of alkyl halides is 5. The number of halogens is 5. The van der Waals surface area contributed by atoms with E-state index in [4.69, 9.17) is 9.47 Å². The Morgan fingerprint density at radius 1 is 1.15 bits per heavy atom. The number of hydrogen-bond acceptors (Lipinski definition) is 7. The summed E-state index contributed by atoms with van der Waals surface area (Å²) in [4.78, 5) is 11.8. The van der Waals surface area contributed by atoms with E-state index >= 15 is 0 Å². The average molecular weight is 411 g/mol. The zero-order chi connectivity index (χ0) is 19.8. The Morgan fingerprint density at radius 2 is 1.69 bits per heavy atom. The Morgan fingerprint density at radius 3 is 2.12 bits per heavy atom. The monoisotopic (exact) mass is 411 g/mol. The summed E-state index contributed by atoms with van der Waals surface area (Å²) in [6.07, 6.45) is -9.89. The fraction of sp³-hybridized carbons (Fsp3) is 0.923. The summed E-state index contributed by atoms with van der Waals surface area (Å²) in [5.41, 5.74) is 0. The Labute approximate surface area is 145 Å². The van der Waals surface area contributed by atoms with Gasteiger partial charge in [0.15, 0.2) is 10.1 Å². The molecule has 1 heterocycles. The molecule has 1 aliphatic heterocycles. The van der Waals surface area contributed by atoms with Gasteiger partial charge in [-0.05, 0) is 25.7 Å². The van der Waals surface area contributed by atoms with Crippen molar-refractivity contribution < 1.29 is 53.9 Å². The fourth-order valence-electron chi connectivity index (χ4n) is 2.54. The first-order valence-electron chi connectivity index (χ1n) is 7.66. The minimum atomic E-state index is -6.69. The van der Waals surface area contributed by atoms with Gasteiger partial charge in [-0.15, -0.1) is 0 Å². The largest absolute Gasteiger partial charge is 0.743 e. The second kappa shape index (κ2) is 7.52. The number of hydrogen-bond donors (Lipinski definition) is 0. The van der Waals surface area contributed by atoms with E-state index in [1.807, 2.05) is 0 Å². The van der Waals surface area contributed by atoms with Crippen LogP contribution in [0, 0.1) is 5.92 Å². The lowest BCUT2D eigenvalue weighted by atomic mass is 9.87. The van der Waals surface area contributed by atoms with Crippen molar-refractivity contribution in [1.29, 1.82) is 0 Å². The summed E-state index contributed by atoms with van der Waals surface area (Å²) in [5.74, 6) is -2.75. The maximum Gasteiger partial charge on any atom is 0.432 e. The minimum absolute atomic E-state index is 0.0153. The lowest BCUT2D eigenvalue weighted by molar-refractivity contribution is -0.261. The lowest BCUT2D eigenvalue weighted by Crippen LogP contribution is -2.52. The Hall–Kier alpha value is -1.05. The highest BCUT2D eigenvalue weighted by Crippen LogP contribution is 2.39. The molecule has 1 saturated heterocycles. The van der Waals surface area contributed by atoms with Crippen molar-refractivity contribution in [3.05, 3.63) is 0 Å². The highest BCUT2D eigenvalue weighted by atomic mass is 32.2. The van der Waals surface area contributed by atoms with Gasteiger partial charge in [0.25, 0.3) is 6.10 Å². The smallest absolute Gasteiger partial charge is 0.432 e. The third-order valence-electron chi connectivity index (χ3n) is 4.10. The SMILES string of the molecule is O=C(OC(C(F)(F)F)C(F)(F)S(=O)(=O)[O-])C1CCC(OCC2CO2)CC1. The summed E-state index contributed by atoms with van der Waals surface area (Å²) >= 11 is 0. The topological polar surface area (TPSA) is 105 Å². The zero-order valence-corrected chi connectivity index (χ0v) is 14.0. The van der Waals surface area contributed by atoms with Crippen LogP contribution in [0.5, 0.6) is 0 Å². The molecule has 2 unspecified atom stereocenters. The number of rotatable bonds is 7. The minimum Gasteiger partial charge on any atom is -0.743 e. The molecule has 0 spiro atoms. The van der Waals surface area contributed by atoms with Gasteiger partial charge in [-0.25, -0.2) is 8.42 Å². The van der Waals surface area contributed by atoms with Crippen LogP contribution >= 0.6 is 0 Å². The molecule has 1 saturated carbocycles. The lowest BCUT2D eigenvalue weighted by Gasteiger charge is -2.32. The number of esters is 1. The Bertz CT molecular complexity index is 609. The van der Waals surface area contributed by atoms with E-state index in [1.165, 1.54) is 0 Å². The predicted octanol–water partition coefficient (Wildman–Crippen LogP) is 1.57. The third-order valence-corrected chi connectivity index (χ3v) is 4.98. The van der Waals surface area contributed by atoms with Crippen LogP contribution in [-0.2, 0) is 29.1 Å². The molecule has 0 amide bonds. The highest BCUT2D eigenvalue weighted by molar-refractivity contribution is 7.86. The number of carbonyl (C=O) groups excluding carboxylic acids is 1. The first kappa shape index (κ1) is 21.3. The van der Waals surface area contributed by atoms with Gasteiger partial charge in [0.05, 0.1) is 25.2 Å². The van der Waals surface area contributed by atoms with Gasteiger partial charge < -0.3 is 18.8 Å². The molecule has 0 radical (unpaired) electrons. The van der Waals surface area contributed by atoms with E-state index in [0.717, 1.165) is 0 Å². The molecule has 7 nitrogen and oxygen atoms in total. The molecule has 0 aromatic rings. The maximum absolute atomic E-state index is 13.3. The van der Waals surface area contributed by atoms with E-state index in [-0.39, 0.29) is 25.0 Å². The van der Waals surface area contributed by atoms with Crippen molar-refractivity contribution in [3.63, 3.8) is 0 Å². The van der Waals surface area contributed by atoms with Crippen LogP contribution in [0.3, 0.4) is 0 Å². The average Bonchev–Trinajstić information content (AvgIpc) is 3.32. The zero-order valence-electron chi connectivity index (χ0n) is 13.2. The normalized spacial score (nSPS) is 28.5. The second-order valence-corrected chi connectivity index (χ2v) is 7.59. The molecule has 0 aromatic heterocycles. The van der Waals surface area contributed by atoms with E-state index in [9.17, 15) is 39.7 Å². The van der Waals surface area contributed by atoms with E-state index < -0.39 is 39.5 Å². The van der Waals surface area contributed by atoms with Crippen LogP contribution in [0.25, 0.3) is 0 Å². The molecule has 13 heteroatoms. The molecule has 152 valence electrons. The predicted molar refractivity (Wildman–Crippen MR) is 72.0 cm³/mol. The molecule has 2 aliphatic rings. The molecule has 2 fully saturated rings. The van der Waals surface area contributed by atoms with Crippen LogP contribution in [0.4, 0.5) is 22.0 Å². The summed E-state index contributed by atoms with van der Waals surface area (Å²) in [6, 6.07) is 0. The van der Waals surface area contributed by atoms with E-state index in [1.54, 1.807) is 0 Å². The number of ether oxygens (including phenoxy) is 3. The molecule has 26 heavy (non-hydrogen) atoms. The maximum atomic E-state index is 13.3. The Balaban J connectivity index is 1.95. The highest BCUT2D eigenvalue weighted by Gasteiger charge is 2.63. The second-order valence-electron chi connectivity index (χ2n) is 6.14. The molecule has 2 atom stereocenters. The molecule has 1 aliphatic carbocycles. The van der Waals surface area contributed by atoms with Crippen molar-refractivity contribution in [1.82, 2.24) is 0 Å². The van der Waals surface area contributed by atoms with Gasteiger partial charge >= 0.3 is 17.4 Å². The van der Waals surface area contributed by atoms with Crippen LogP contribution in [-0.4, -0.2) is 61.9 Å². The van der Waals surface area contributed by atoms with Crippen molar-refractivity contribution >= 4 is 16.1 Å². The van der Waals surface area contributed by atoms with Crippen LogP contribution < -0.4 is 0 Å². The quantitative estimate of drug-likeness (QED) is 0.271. The number of epoxide rings is 1.